The Morgan fingerprint density at radius 3 is 2.45 bits per heavy atom. The maximum Gasteiger partial charge on any atom is 0.451 e. The van der Waals surface area contributed by atoms with E-state index in [4.69, 9.17) is 4.74 Å². The van der Waals surface area contributed by atoms with Crippen molar-refractivity contribution >= 4 is 5.91 Å². The van der Waals surface area contributed by atoms with Gasteiger partial charge in [-0.15, -0.1) is 10.2 Å². The normalized spacial score (nSPS) is 16.2. The highest BCUT2D eigenvalue weighted by Crippen LogP contribution is 2.30. The fourth-order valence-corrected chi connectivity index (χ4v) is 3.59. The van der Waals surface area contributed by atoms with Gasteiger partial charge in [0.1, 0.15) is 5.82 Å². The summed E-state index contributed by atoms with van der Waals surface area (Å²) in [5, 5.41) is 6.71. The van der Waals surface area contributed by atoms with Gasteiger partial charge in [0, 0.05) is 38.6 Å². The molecular weight excluding hydrogens is 430 g/mol. The molecule has 1 unspecified atom stereocenters. The SMILES string of the molecule is COC(Cc1cc(F)c(F)cc1F)C[C@H](C)C(=O)N1CCn2c(nnc2C(F)(F)F)C1. The van der Waals surface area contributed by atoms with Crippen molar-refractivity contribution < 1.29 is 35.9 Å². The van der Waals surface area contributed by atoms with Gasteiger partial charge in [0.15, 0.2) is 17.5 Å². The van der Waals surface area contributed by atoms with Crippen LogP contribution in [-0.2, 0) is 35.2 Å². The molecule has 1 aromatic heterocycles. The Balaban J connectivity index is 1.64. The summed E-state index contributed by atoms with van der Waals surface area (Å²) in [6.45, 7) is 1.44. The van der Waals surface area contributed by atoms with E-state index in [2.05, 4.69) is 10.2 Å². The Labute approximate surface area is 173 Å². The molecule has 2 atom stereocenters. The number of hydrogen-bond donors (Lipinski definition) is 0. The van der Waals surface area contributed by atoms with Crippen molar-refractivity contribution in [2.75, 3.05) is 13.7 Å². The number of nitrogens with zero attached hydrogens (tertiary/aromatic N) is 4. The average Bonchev–Trinajstić information content (AvgIpc) is 3.14. The van der Waals surface area contributed by atoms with Crippen molar-refractivity contribution in [2.45, 2.75) is 45.1 Å². The highest BCUT2D eigenvalue weighted by molar-refractivity contribution is 5.78. The second kappa shape index (κ2) is 8.85. The number of ether oxygens (including phenoxy) is 1. The fourth-order valence-electron chi connectivity index (χ4n) is 3.59. The van der Waals surface area contributed by atoms with Crippen LogP contribution in [-0.4, -0.2) is 45.3 Å². The third-order valence-corrected chi connectivity index (χ3v) is 5.23. The third kappa shape index (κ3) is 5.00. The van der Waals surface area contributed by atoms with Crippen LogP contribution in [0.5, 0.6) is 0 Å². The Morgan fingerprint density at radius 2 is 1.81 bits per heavy atom. The van der Waals surface area contributed by atoms with Crippen LogP contribution < -0.4 is 0 Å². The Kier molecular flexibility index (Phi) is 6.58. The lowest BCUT2D eigenvalue weighted by molar-refractivity contribution is -0.148. The molecule has 0 radical (unpaired) electrons. The van der Waals surface area contributed by atoms with Crippen molar-refractivity contribution in [2.24, 2.45) is 5.92 Å². The number of fused-ring (bicyclic) bond motifs is 1. The van der Waals surface area contributed by atoms with Gasteiger partial charge in [0.25, 0.3) is 0 Å². The molecule has 2 aromatic rings. The molecule has 0 fully saturated rings. The summed E-state index contributed by atoms with van der Waals surface area (Å²) in [7, 11) is 1.35. The van der Waals surface area contributed by atoms with E-state index in [-0.39, 0.29) is 49.8 Å². The number of halogens is 6. The van der Waals surface area contributed by atoms with E-state index in [9.17, 15) is 31.1 Å². The van der Waals surface area contributed by atoms with Gasteiger partial charge in [-0.3, -0.25) is 4.79 Å². The van der Waals surface area contributed by atoms with Crippen LogP contribution in [0.25, 0.3) is 0 Å². The first-order valence-electron chi connectivity index (χ1n) is 9.45. The standard InChI is InChI=1S/C19H20F6N4O2/c1-10(5-12(31-2)6-11-7-14(21)15(22)8-13(11)20)17(30)28-3-4-29-16(9-28)26-27-18(29)19(23,24)25/h7-8,10,12H,3-6,9H2,1-2H3/t10-,12?/m0/s1. The molecule has 0 bridgehead atoms. The zero-order valence-electron chi connectivity index (χ0n) is 16.7. The van der Waals surface area contributed by atoms with Crippen LogP contribution in [0.2, 0.25) is 0 Å². The molecule has 1 amide bonds. The van der Waals surface area contributed by atoms with Crippen LogP contribution in [0, 0.1) is 23.4 Å². The van der Waals surface area contributed by atoms with Crippen LogP contribution in [0.4, 0.5) is 26.3 Å². The van der Waals surface area contributed by atoms with Gasteiger partial charge in [0.2, 0.25) is 11.7 Å². The first-order valence-corrected chi connectivity index (χ1v) is 9.45. The lowest BCUT2D eigenvalue weighted by atomic mass is 9.96. The van der Waals surface area contributed by atoms with E-state index in [1.165, 1.54) is 12.0 Å². The van der Waals surface area contributed by atoms with Crippen molar-refractivity contribution in [3.05, 3.63) is 46.8 Å². The molecule has 1 aromatic carbocycles. The van der Waals surface area contributed by atoms with Gasteiger partial charge >= 0.3 is 6.18 Å². The van der Waals surface area contributed by atoms with Gasteiger partial charge in [-0.2, -0.15) is 13.2 Å². The molecular formula is C19H20F6N4O2. The zero-order chi connectivity index (χ0) is 22.9. The Hall–Kier alpha value is -2.63. The molecule has 0 aliphatic carbocycles. The smallest absolute Gasteiger partial charge is 0.381 e. The predicted molar refractivity (Wildman–Crippen MR) is 95.0 cm³/mol. The van der Waals surface area contributed by atoms with Crippen molar-refractivity contribution in [1.82, 2.24) is 19.7 Å². The number of alkyl halides is 3. The number of aromatic nitrogens is 3. The van der Waals surface area contributed by atoms with Crippen molar-refractivity contribution in [1.29, 1.82) is 0 Å². The largest absolute Gasteiger partial charge is 0.451 e. The second-order valence-electron chi connectivity index (χ2n) is 7.41. The summed E-state index contributed by atoms with van der Waals surface area (Å²) in [6.07, 6.45) is -5.24. The van der Waals surface area contributed by atoms with E-state index < -0.39 is 41.5 Å². The minimum Gasteiger partial charge on any atom is -0.381 e. The average molecular weight is 450 g/mol. The van der Waals surface area contributed by atoms with Gasteiger partial charge in [0.05, 0.1) is 12.6 Å². The number of carbonyl (C=O) groups is 1. The number of carbonyl (C=O) groups excluding carboxylic acids is 1. The maximum atomic E-state index is 13.9. The van der Waals surface area contributed by atoms with E-state index in [1.807, 2.05) is 0 Å². The molecule has 0 saturated carbocycles. The topological polar surface area (TPSA) is 60.2 Å². The van der Waals surface area contributed by atoms with Gasteiger partial charge in [-0.1, -0.05) is 6.92 Å². The summed E-state index contributed by atoms with van der Waals surface area (Å²) < 4.78 is 85.5. The molecule has 6 nitrogen and oxygen atoms in total. The predicted octanol–water partition coefficient (Wildman–Crippen LogP) is 3.34. The molecule has 0 N–H and O–H groups in total. The number of amides is 1. The van der Waals surface area contributed by atoms with Crippen LogP contribution in [0.1, 0.15) is 30.6 Å². The van der Waals surface area contributed by atoms with Crippen molar-refractivity contribution in [3.8, 4) is 0 Å². The van der Waals surface area contributed by atoms with Crippen LogP contribution in [0.15, 0.2) is 12.1 Å². The lowest BCUT2D eigenvalue weighted by Crippen LogP contribution is -2.42. The van der Waals surface area contributed by atoms with Crippen LogP contribution >= 0.6 is 0 Å². The summed E-state index contributed by atoms with van der Waals surface area (Å²) in [4.78, 5) is 14.2. The summed E-state index contributed by atoms with van der Waals surface area (Å²) in [5.74, 6) is -5.43. The van der Waals surface area contributed by atoms with E-state index >= 15 is 0 Å². The fraction of sp³-hybridized carbons (Fsp3) is 0.526. The quantitative estimate of drug-likeness (QED) is 0.501. The number of methoxy groups -OCH3 is 1. The summed E-state index contributed by atoms with van der Waals surface area (Å²) in [6, 6.07) is 1.20. The van der Waals surface area contributed by atoms with E-state index in [1.54, 1.807) is 6.92 Å². The Bertz CT molecular complexity index is 962. The monoisotopic (exact) mass is 450 g/mol. The number of rotatable bonds is 6. The molecule has 2 heterocycles. The first kappa shape index (κ1) is 23.0. The second-order valence-corrected chi connectivity index (χ2v) is 7.41. The molecule has 1 aliphatic rings. The Morgan fingerprint density at radius 1 is 1.13 bits per heavy atom. The summed E-state index contributed by atoms with van der Waals surface area (Å²) in [5.41, 5.74) is -0.0869. The van der Waals surface area contributed by atoms with E-state index in [0.717, 1.165) is 10.6 Å². The number of benzene rings is 1. The zero-order valence-corrected chi connectivity index (χ0v) is 16.7. The van der Waals surface area contributed by atoms with Gasteiger partial charge in [-0.05, 0) is 18.1 Å². The molecule has 3 rings (SSSR count). The maximum absolute atomic E-state index is 13.9. The van der Waals surface area contributed by atoms with Crippen LogP contribution in [0.3, 0.4) is 0 Å². The van der Waals surface area contributed by atoms with Crippen molar-refractivity contribution in [3.63, 3.8) is 0 Å². The molecule has 170 valence electrons. The van der Waals surface area contributed by atoms with Gasteiger partial charge < -0.3 is 14.2 Å². The third-order valence-electron chi connectivity index (χ3n) is 5.23. The van der Waals surface area contributed by atoms with Gasteiger partial charge in [-0.25, -0.2) is 13.2 Å². The first-order chi connectivity index (χ1) is 14.5. The summed E-state index contributed by atoms with van der Waals surface area (Å²) >= 11 is 0. The minimum absolute atomic E-state index is 0.0336. The highest BCUT2D eigenvalue weighted by atomic mass is 19.4. The van der Waals surface area contributed by atoms with E-state index in [0.29, 0.717) is 6.07 Å². The molecule has 0 saturated heterocycles. The molecule has 0 spiro atoms. The molecule has 12 heteroatoms. The number of hydrogen-bond acceptors (Lipinski definition) is 4. The molecule has 1 aliphatic heterocycles. The molecule has 31 heavy (non-hydrogen) atoms. The minimum atomic E-state index is -4.63. The highest BCUT2D eigenvalue weighted by Gasteiger charge is 2.40. The lowest BCUT2D eigenvalue weighted by Gasteiger charge is -2.31.